The SMILES string of the molecule is C/C=C(\C=C/COc1ccc(C)cc1)C(=O)c1ccc(OC)cc1. The van der Waals surface area contributed by atoms with Crippen LogP contribution < -0.4 is 9.47 Å². The van der Waals surface area contributed by atoms with E-state index in [0.717, 1.165) is 11.5 Å². The van der Waals surface area contributed by atoms with Crippen molar-refractivity contribution in [3.05, 3.63) is 83.5 Å². The highest BCUT2D eigenvalue weighted by atomic mass is 16.5. The highest BCUT2D eigenvalue weighted by Crippen LogP contribution is 2.16. The monoisotopic (exact) mass is 322 g/mol. The van der Waals surface area contributed by atoms with Crippen molar-refractivity contribution in [2.75, 3.05) is 13.7 Å². The summed E-state index contributed by atoms with van der Waals surface area (Å²) < 4.78 is 10.7. The summed E-state index contributed by atoms with van der Waals surface area (Å²) in [6.07, 6.45) is 5.44. The van der Waals surface area contributed by atoms with E-state index in [1.165, 1.54) is 5.56 Å². The summed E-state index contributed by atoms with van der Waals surface area (Å²) in [7, 11) is 1.60. The fourth-order valence-electron chi connectivity index (χ4n) is 2.17. The number of aryl methyl sites for hydroxylation is 1. The Labute approximate surface area is 143 Å². The van der Waals surface area contributed by atoms with Crippen LogP contribution in [0, 0.1) is 6.92 Å². The van der Waals surface area contributed by atoms with Gasteiger partial charge in [0.05, 0.1) is 7.11 Å². The molecule has 2 aromatic carbocycles. The standard InChI is InChI=1S/C21H22O3/c1-4-17(21(22)18-9-13-19(23-3)14-10-18)6-5-15-24-20-11-7-16(2)8-12-20/h4-14H,15H2,1-3H3/b6-5-,17-4+. The van der Waals surface area contributed by atoms with Crippen LogP contribution in [0.3, 0.4) is 0 Å². The molecule has 0 saturated heterocycles. The quantitative estimate of drug-likeness (QED) is 0.418. The largest absolute Gasteiger partial charge is 0.497 e. The molecule has 0 radical (unpaired) electrons. The molecule has 0 aromatic heterocycles. The van der Waals surface area contributed by atoms with Crippen LogP contribution in [0.4, 0.5) is 0 Å². The maximum Gasteiger partial charge on any atom is 0.192 e. The van der Waals surface area contributed by atoms with Gasteiger partial charge in [-0.1, -0.05) is 29.8 Å². The average molecular weight is 322 g/mol. The van der Waals surface area contributed by atoms with E-state index >= 15 is 0 Å². The Kier molecular flexibility index (Phi) is 6.38. The molecule has 0 spiro atoms. The number of hydrogen-bond acceptors (Lipinski definition) is 3. The topological polar surface area (TPSA) is 35.5 Å². The van der Waals surface area contributed by atoms with Crippen molar-refractivity contribution in [3.63, 3.8) is 0 Å². The van der Waals surface area contributed by atoms with Crippen LogP contribution in [0.5, 0.6) is 11.5 Å². The van der Waals surface area contributed by atoms with E-state index in [2.05, 4.69) is 0 Å². The van der Waals surface area contributed by atoms with Crippen LogP contribution in [0.1, 0.15) is 22.8 Å². The Hall–Kier alpha value is -2.81. The minimum Gasteiger partial charge on any atom is -0.497 e. The molecule has 2 aromatic rings. The Balaban J connectivity index is 1.95. The molecule has 24 heavy (non-hydrogen) atoms. The summed E-state index contributed by atoms with van der Waals surface area (Å²) in [6, 6.07) is 15.0. The lowest BCUT2D eigenvalue weighted by Crippen LogP contribution is -2.02. The maximum atomic E-state index is 12.5. The van der Waals surface area contributed by atoms with E-state index in [1.54, 1.807) is 43.5 Å². The fourth-order valence-corrected chi connectivity index (χ4v) is 2.17. The first-order chi connectivity index (χ1) is 11.6. The van der Waals surface area contributed by atoms with Gasteiger partial charge in [-0.15, -0.1) is 0 Å². The third-order valence-electron chi connectivity index (χ3n) is 3.59. The summed E-state index contributed by atoms with van der Waals surface area (Å²) in [5.74, 6) is 1.52. The number of ether oxygens (including phenoxy) is 2. The number of rotatable bonds is 7. The van der Waals surface area contributed by atoms with Crippen LogP contribution in [0.15, 0.2) is 72.3 Å². The zero-order chi connectivity index (χ0) is 17.4. The number of allylic oxidation sites excluding steroid dienone is 3. The molecule has 124 valence electrons. The van der Waals surface area contributed by atoms with Crippen molar-refractivity contribution < 1.29 is 14.3 Å². The van der Waals surface area contributed by atoms with Gasteiger partial charge in [0.1, 0.15) is 18.1 Å². The third-order valence-corrected chi connectivity index (χ3v) is 3.59. The lowest BCUT2D eigenvalue weighted by molar-refractivity contribution is 0.103. The third kappa shape index (κ3) is 4.85. The highest BCUT2D eigenvalue weighted by Gasteiger charge is 2.09. The van der Waals surface area contributed by atoms with Crippen molar-refractivity contribution in [2.24, 2.45) is 0 Å². The average Bonchev–Trinajstić information content (AvgIpc) is 2.63. The normalized spacial score (nSPS) is 11.5. The zero-order valence-corrected chi connectivity index (χ0v) is 14.3. The Morgan fingerprint density at radius 2 is 1.62 bits per heavy atom. The van der Waals surface area contributed by atoms with Crippen molar-refractivity contribution in [2.45, 2.75) is 13.8 Å². The second kappa shape index (κ2) is 8.73. The summed E-state index contributed by atoms with van der Waals surface area (Å²) in [6.45, 7) is 4.30. The molecule has 0 heterocycles. The molecule has 0 N–H and O–H groups in total. The molecule has 3 heteroatoms. The van der Waals surface area contributed by atoms with Gasteiger partial charge in [-0.3, -0.25) is 4.79 Å². The molecule has 0 amide bonds. The second-order valence-corrected chi connectivity index (χ2v) is 5.33. The van der Waals surface area contributed by atoms with Gasteiger partial charge in [0.25, 0.3) is 0 Å². The Bertz CT molecular complexity index is 723. The number of ketones is 1. The Morgan fingerprint density at radius 1 is 1.00 bits per heavy atom. The minimum absolute atomic E-state index is 0.0215. The van der Waals surface area contributed by atoms with Crippen molar-refractivity contribution in [3.8, 4) is 11.5 Å². The maximum absolute atomic E-state index is 12.5. The van der Waals surface area contributed by atoms with Crippen LogP contribution in [0.25, 0.3) is 0 Å². The summed E-state index contributed by atoms with van der Waals surface area (Å²) >= 11 is 0. The molecule has 0 bridgehead atoms. The van der Waals surface area contributed by atoms with Crippen molar-refractivity contribution in [1.29, 1.82) is 0 Å². The van der Waals surface area contributed by atoms with E-state index in [1.807, 2.05) is 44.2 Å². The predicted octanol–water partition coefficient (Wildman–Crippen LogP) is 4.77. The second-order valence-electron chi connectivity index (χ2n) is 5.33. The van der Waals surface area contributed by atoms with E-state index in [-0.39, 0.29) is 5.78 Å². The number of carbonyl (C=O) groups is 1. The molecule has 0 unspecified atom stereocenters. The van der Waals surface area contributed by atoms with Gasteiger partial charge < -0.3 is 9.47 Å². The summed E-state index contributed by atoms with van der Waals surface area (Å²) in [5.41, 5.74) is 2.46. The Morgan fingerprint density at radius 3 is 2.21 bits per heavy atom. The lowest BCUT2D eigenvalue weighted by atomic mass is 10.0. The predicted molar refractivity (Wildman–Crippen MR) is 96.9 cm³/mol. The fraction of sp³-hybridized carbons (Fsp3) is 0.190. The molecule has 3 nitrogen and oxygen atoms in total. The summed E-state index contributed by atoms with van der Waals surface area (Å²) in [4.78, 5) is 12.5. The lowest BCUT2D eigenvalue weighted by Gasteiger charge is -2.05. The van der Waals surface area contributed by atoms with E-state index < -0.39 is 0 Å². The van der Waals surface area contributed by atoms with Crippen LogP contribution >= 0.6 is 0 Å². The van der Waals surface area contributed by atoms with Crippen LogP contribution in [-0.4, -0.2) is 19.5 Å². The molecule has 0 aliphatic rings. The molecular weight excluding hydrogens is 300 g/mol. The van der Waals surface area contributed by atoms with Gasteiger partial charge in [-0.25, -0.2) is 0 Å². The number of benzene rings is 2. The zero-order valence-electron chi connectivity index (χ0n) is 14.3. The molecular formula is C21H22O3. The molecule has 0 fully saturated rings. The first kappa shape index (κ1) is 17.5. The van der Waals surface area contributed by atoms with Gasteiger partial charge >= 0.3 is 0 Å². The van der Waals surface area contributed by atoms with Gasteiger partial charge in [0, 0.05) is 11.1 Å². The van der Waals surface area contributed by atoms with Gasteiger partial charge in [0.2, 0.25) is 0 Å². The molecule has 0 saturated carbocycles. The molecule has 0 atom stereocenters. The highest BCUT2D eigenvalue weighted by molar-refractivity contribution is 6.10. The van der Waals surface area contributed by atoms with Crippen LogP contribution in [0.2, 0.25) is 0 Å². The first-order valence-electron chi connectivity index (χ1n) is 7.85. The number of carbonyl (C=O) groups excluding carboxylic acids is 1. The molecule has 2 rings (SSSR count). The summed E-state index contributed by atoms with van der Waals surface area (Å²) in [5, 5.41) is 0. The van der Waals surface area contributed by atoms with Gasteiger partial charge in [-0.05, 0) is 56.3 Å². The number of Topliss-reactive ketones (excluding diaryl/α,β-unsaturated/α-hetero) is 1. The first-order valence-corrected chi connectivity index (χ1v) is 7.85. The van der Waals surface area contributed by atoms with Crippen molar-refractivity contribution >= 4 is 5.78 Å². The van der Waals surface area contributed by atoms with Gasteiger partial charge in [0.15, 0.2) is 5.78 Å². The molecule has 0 aliphatic heterocycles. The van der Waals surface area contributed by atoms with Crippen LogP contribution in [-0.2, 0) is 0 Å². The van der Waals surface area contributed by atoms with E-state index in [9.17, 15) is 4.79 Å². The van der Waals surface area contributed by atoms with E-state index in [0.29, 0.717) is 17.7 Å². The van der Waals surface area contributed by atoms with E-state index in [4.69, 9.17) is 9.47 Å². The minimum atomic E-state index is -0.0215. The van der Waals surface area contributed by atoms with Gasteiger partial charge in [-0.2, -0.15) is 0 Å². The smallest absolute Gasteiger partial charge is 0.192 e. The number of methoxy groups -OCH3 is 1. The molecule has 0 aliphatic carbocycles. The van der Waals surface area contributed by atoms with Crippen molar-refractivity contribution in [1.82, 2.24) is 0 Å². The number of hydrogen-bond donors (Lipinski definition) is 0.